The normalized spacial score (nSPS) is 12.6. The van der Waals surface area contributed by atoms with Crippen LogP contribution in [0.25, 0.3) is 0 Å². The third kappa shape index (κ3) is 54.2. The molecule has 5 heteroatoms. The Morgan fingerprint density at radius 1 is 0.348 bits per heavy atom. The van der Waals surface area contributed by atoms with Crippen LogP contribution in [0.2, 0.25) is 0 Å². The van der Waals surface area contributed by atoms with Gasteiger partial charge in [-0.25, -0.2) is 0 Å². The Morgan fingerprint density at radius 2 is 0.606 bits per heavy atom. The largest absolute Gasteiger partial charge is 0.462 e. The number of aliphatic hydroxyl groups is 1. The maximum absolute atomic E-state index is 12.3. The van der Waals surface area contributed by atoms with Crippen LogP contribution in [0.4, 0.5) is 0 Å². The Bertz CT molecular complexity index is 1130. The lowest BCUT2D eigenvalue weighted by Crippen LogP contribution is -2.28. The number of esters is 2. The minimum absolute atomic E-state index is 0.0713. The summed E-state index contributed by atoms with van der Waals surface area (Å²) in [6, 6.07) is 0. The van der Waals surface area contributed by atoms with E-state index in [0.717, 1.165) is 64.2 Å². The smallest absolute Gasteiger partial charge is 0.306 e. The SMILES string of the molecule is CCCCC/C=C\C/C=C\CCCCCCCC(=O)OCC(CO)OC(=O)CCCCCCCCCCCCCCCCCCCCCCCC/C=C\C/C=C\C/C=C\CCCCCCC. The summed E-state index contributed by atoms with van der Waals surface area (Å²) in [5.41, 5.74) is 0. The van der Waals surface area contributed by atoms with E-state index in [-0.39, 0.29) is 25.2 Å². The molecule has 0 aromatic carbocycles. The lowest BCUT2D eigenvalue weighted by atomic mass is 10.0. The zero-order chi connectivity index (χ0) is 47.7. The van der Waals surface area contributed by atoms with Gasteiger partial charge in [-0.2, -0.15) is 0 Å². The molecular weight excluding hydrogens is 813 g/mol. The average molecular weight is 924 g/mol. The number of rotatable bonds is 53. The molecule has 0 fully saturated rings. The van der Waals surface area contributed by atoms with E-state index >= 15 is 0 Å². The van der Waals surface area contributed by atoms with E-state index in [9.17, 15) is 14.7 Å². The Morgan fingerprint density at radius 3 is 0.939 bits per heavy atom. The van der Waals surface area contributed by atoms with Crippen LogP contribution in [-0.2, 0) is 19.1 Å². The molecule has 0 heterocycles. The number of hydrogen-bond acceptors (Lipinski definition) is 5. The highest BCUT2D eigenvalue weighted by Gasteiger charge is 2.16. The summed E-state index contributed by atoms with van der Waals surface area (Å²) in [6.07, 6.45) is 76.4. The molecule has 66 heavy (non-hydrogen) atoms. The van der Waals surface area contributed by atoms with Crippen molar-refractivity contribution in [3.8, 4) is 0 Å². The molecule has 0 aromatic heterocycles. The molecule has 384 valence electrons. The molecule has 1 atom stereocenters. The summed E-state index contributed by atoms with van der Waals surface area (Å²) in [6.45, 7) is 4.11. The lowest BCUT2D eigenvalue weighted by molar-refractivity contribution is -0.161. The number of hydrogen-bond donors (Lipinski definition) is 1. The summed E-state index contributed by atoms with van der Waals surface area (Å²) in [7, 11) is 0. The second-order valence-electron chi connectivity index (χ2n) is 19.4. The van der Waals surface area contributed by atoms with Crippen LogP contribution in [-0.4, -0.2) is 36.4 Å². The highest BCUT2D eigenvalue weighted by molar-refractivity contribution is 5.70. The summed E-state index contributed by atoms with van der Waals surface area (Å²) in [4.78, 5) is 24.4. The van der Waals surface area contributed by atoms with Crippen molar-refractivity contribution >= 4 is 11.9 Å². The number of allylic oxidation sites excluding steroid dienone is 10. The number of carbonyl (C=O) groups is 2. The quantitative estimate of drug-likeness (QED) is 0.0374. The molecule has 0 saturated carbocycles. The van der Waals surface area contributed by atoms with Crippen LogP contribution in [0.15, 0.2) is 60.8 Å². The van der Waals surface area contributed by atoms with Crippen molar-refractivity contribution in [2.75, 3.05) is 13.2 Å². The zero-order valence-corrected chi connectivity index (χ0v) is 44.0. The fourth-order valence-electron chi connectivity index (χ4n) is 8.42. The topological polar surface area (TPSA) is 72.8 Å². The zero-order valence-electron chi connectivity index (χ0n) is 44.0. The van der Waals surface area contributed by atoms with Gasteiger partial charge in [-0.05, 0) is 83.5 Å². The summed E-state index contributed by atoms with van der Waals surface area (Å²) in [5, 5.41) is 9.63. The van der Waals surface area contributed by atoms with Gasteiger partial charge in [-0.15, -0.1) is 0 Å². The average Bonchev–Trinajstić information content (AvgIpc) is 3.32. The van der Waals surface area contributed by atoms with Gasteiger partial charge >= 0.3 is 11.9 Å². The first-order valence-electron chi connectivity index (χ1n) is 28.8. The minimum atomic E-state index is -0.777. The Balaban J connectivity index is 3.42. The molecule has 0 radical (unpaired) electrons. The summed E-state index contributed by atoms with van der Waals surface area (Å²) in [5.74, 6) is -0.597. The molecule has 0 aliphatic carbocycles. The van der Waals surface area contributed by atoms with Gasteiger partial charge < -0.3 is 14.6 Å². The van der Waals surface area contributed by atoms with Gasteiger partial charge in [-0.1, -0.05) is 261 Å². The van der Waals surface area contributed by atoms with E-state index in [1.807, 2.05) is 0 Å². The van der Waals surface area contributed by atoms with Crippen LogP contribution in [0.5, 0.6) is 0 Å². The van der Waals surface area contributed by atoms with Gasteiger partial charge in [0.25, 0.3) is 0 Å². The Labute approximate surface area is 411 Å². The predicted octanol–water partition coefficient (Wildman–Crippen LogP) is 19.4. The van der Waals surface area contributed by atoms with Crippen molar-refractivity contribution in [3.63, 3.8) is 0 Å². The molecule has 1 unspecified atom stereocenters. The molecule has 0 bridgehead atoms. The van der Waals surface area contributed by atoms with E-state index in [0.29, 0.717) is 12.8 Å². The first-order chi connectivity index (χ1) is 32.6. The van der Waals surface area contributed by atoms with Crippen LogP contribution >= 0.6 is 0 Å². The van der Waals surface area contributed by atoms with E-state index in [1.165, 1.54) is 205 Å². The molecule has 0 spiro atoms. The van der Waals surface area contributed by atoms with Gasteiger partial charge in [0.05, 0.1) is 6.61 Å². The van der Waals surface area contributed by atoms with Crippen molar-refractivity contribution in [3.05, 3.63) is 60.8 Å². The highest BCUT2D eigenvalue weighted by Crippen LogP contribution is 2.17. The van der Waals surface area contributed by atoms with Gasteiger partial charge in [0.15, 0.2) is 6.10 Å². The lowest BCUT2D eigenvalue weighted by Gasteiger charge is -2.15. The second-order valence-corrected chi connectivity index (χ2v) is 19.4. The van der Waals surface area contributed by atoms with E-state index in [1.54, 1.807) is 0 Å². The molecule has 0 amide bonds. The van der Waals surface area contributed by atoms with E-state index in [4.69, 9.17) is 9.47 Å². The van der Waals surface area contributed by atoms with Crippen LogP contribution in [0.3, 0.4) is 0 Å². The first kappa shape index (κ1) is 63.6. The number of aliphatic hydroxyl groups excluding tert-OH is 1. The molecule has 0 rings (SSSR count). The third-order valence-electron chi connectivity index (χ3n) is 12.8. The van der Waals surface area contributed by atoms with Gasteiger partial charge in [0.1, 0.15) is 6.61 Å². The van der Waals surface area contributed by atoms with Crippen molar-refractivity contribution < 1.29 is 24.2 Å². The predicted molar refractivity (Wildman–Crippen MR) is 288 cm³/mol. The molecular formula is C61H110O5. The van der Waals surface area contributed by atoms with Crippen LogP contribution in [0, 0.1) is 0 Å². The summed E-state index contributed by atoms with van der Waals surface area (Å²) >= 11 is 0. The molecule has 0 aliphatic heterocycles. The van der Waals surface area contributed by atoms with Gasteiger partial charge in [0, 0.05) is 12.8 Å². The van der Waals surface area contributed by atoms with Crippen LogP contribution < -0.4 is 0 Å². The van der Waals surface area contributed by atoms with Crippen molar-refractivity contribution in [2.45, 2.75) is 302 Å². The standard InChI is InChI=1S/C61H110O5/c1-3-5-7-9-11-13-15-17-19-20-21-22-23-24-25-26-27-28-29-30-31-32-33-34-35-36-37-38-39-40-42-44-46-48-50-52-54-56-61(64)66-59(57-62)58-65-60(63)55-53-51-49-47-45-43-41-18-16-14-12-10-8-6-4-2/h12,14-15,17-18,20-21,23-24,41,59,62H,3-11,13,16,19,22,25-40,42-58H2,1-2H3/b14-12-,17-15-,21-20-,24-23-,41-18-. The molecule has 0 aromatic rings. The molecule has 0 aliphatic rings. The highest BCUT2D eigenvalue weighted by atomic mass is 16.6. The Kier molecular flexibility index (Phi) is 54.9. The van der Waals surface area contributed by atoms with Crippen molar-refractivity contribution in [2.24, 2.45) is 0 Å². The third-order valence-corrected chi connectivity index (χ3v) is 12.8. The number of ether oxygens (including phenoxy) is 2. The monoisotopic (exact) mass is 923 g/mol. The van der Waals surface area contributed by atoms with Gasteiger partial charge in [-0.3, -0.25) is 9.59 Å². The fraction of sp³-hybridized carbons (Fsp3) is 0.803. The number of carbonyl (C=O) groups excluding carboxylic acids is 2. The fourth-order valence-corrected chi connectivity index (χ4v) is 8.42. The molecule has 5 nitrogen and oxygen atoms in total. The van der Waals surface area contributed by atoms with E-state index in [2.05, 4.69) is 74.6 Å². The maximum atomic E-state index is 12.3. The van der Waals surface area contributed by atoms with Gasteiger partial charge in [0.2, 0.25) is 0 Å². The maximum Gasteiger partial charge on any atom is 0.306 e. The second kappa shape index (κ2) is 56.9. The molecule has 0 saturated heterocycles. The van der Waals surface area contributed by atoms with Crippen LogP contribution in [0.1, 0.15) is 296 Å². The van der Waals surface area contributed by atoms with Crippen molar-refractivity contribution in [1.82, 2.24) is 0 Å². The Hall–Kier alpha value is -2.40. The minimum Gasteiger partial charge on any atom is -0.462 e. The van der Waals surface area contributed by atoms with Crippen molar-refractivity contribution in [1.29, 1.82) is 0 Å². The molecule has 1 N–H and O–H groups in total. The summed E-state index contributed by atoms with van der Waals surface area (Å²) < 4.78 is 10.7. The number of unbranched alkanes of at least 4 members (excludes halogenated alkanes) is 35. The van der Waals surface area contributed by atoms with E-state index < -0.39 is 6.10 Å². The first-order valence-corrected chi connectivity index (χ1v) is 28.8.